The van der Waals surface area contributed by atoms with Crippen LogP contribution >= 0.6 is 0 Å². The van der Waals surface area contributed by atoms with E-state index in [4.69, 9.17) is 4.74 Å². The average molecular weight is 561 g/mol. The van der Waals surface area contributed by atoms with E-state index in [1.54, 1.807) is 0 Å². The topological polar surface area (TPSA) is 37.5 Å². The van der Waals surface area contributed by atoms with Crippen LogP contribution in [0.25, 0.3) is 0 Å². The molecule has 0 spiro atoms. The molecule has 6 fully saturated rings. The van der Waals surface area contributed by atoms with Gasteiger partial charge in [0, 0.05) is 51.9 Å². The molecule has 7 nitrogen and oxygen atoms in total. The molecule has 1 saturated carbocycles. The van der Waals surface area contributed by atoms with Gasteiger partial charge in [-0.3, -0.25) is 0 Å². The summed E-state index contributed by atoms with van der Waals surface area (Å²) in [7, 11) is 10.9. The third kappa shape index (κ3) is 21.1. The highest BCUT2D eigenvalue weighted by Gasteiger charge is 2.35. The van der Waals surface area contributed by atoms with Crippen molar-refractivity contribution in [3.8, 4) is 0 Å². The lowest BCUT2D eigenvalue weighted by atomic mass is 10.1. The number of hydrogen-bond acceptors (Lipinski definition) is 7. The van der Waals surface area contributed by atoms with Crippen molar-refractivity contribution < 1.29 is 4.74 Å². The van der Waals surface area contributed by atoms with Crippen molar-refractivity contribution in [2.75, 3.05) is 120 Å². The third-order valence-corrected chi connectivity index (χ3v) is 8.17. The summed E-state index contributed by atoms with van der Waals surface area (Å²) in [5.41, 5.74) is 0. The number of fused-ring (bicyclic) bond motifs is 2. The fourth-order valence-electron chi connectivity index (χ4n) is 5.53. The van der Waals surface area contributed by atoms with Crippen LogP contribution in [0, 0.1) is 5.92 Å². The molecule has 1 aliphatic carbocycles. The number of ether oxygens (including phenoxy) is 1. The molecule has 0 radical (unpaired) electrons. The predicted octanol–water partition coefficient (Wildman–Crippen LogP) is 4.93. The van der Waals surface area contributed by atoms with Crippen LogP contribution in [0.1, 0.15) is 81.1 Å². The number of hydrogen-bond donors (Lipinski definition) is 1. The van der Waals surface area contributed by atoms with Gasteiger partial charge in [-0.05, 0) is 112 Å². The van der Waals surface area contributed by atoms with Gasteiger partial charge in [0.1, 0.15) is 0 Å². The SMILES string of the molecule is C.C.C.C.CN1CC2CCC1C2.CN1CCCC1.CN1CCCCC1.CN1CCNCC1.CN1CCOCC1. The van der Waals surface area contributed by atoms with E-state index in [0.29, 0.717) is 0 Å². The summed E-state index contributed by atoms with van der Waals surface area (Å²) in [4.78, 5) is 11.9. The van der Waals surface area contributed by atoms with Crippen LogP contribution in [0.2, 0.25) is 0 Å². The van der Waals surface area contributed by atoms with Gasteiger partial charge in [-0.25, -0.2) is 0 Å². The molecule has 0 aromatic carbocycles. The molecule has 5 heterocycles. The summed E-state index contributed by atoms with van der Waals surface area (Å²) in [5, 5.41) is 3.27. The highest BCUT2D eigenvalue weighted by molar-refractivity contribution is 4.89. The summed E-state index contributed by atoms with van der Waals surface area (Å²) in [5.74, 6) is 1.07. The maximum Gasteiger partial charge on any atom is 0.0594 e. The second-order valence-corrected chi connectivity index (χ2v) is 11.6. The van der Waals surface area contributed by atoms with E-state index in [1.807, 2.05) is 0 Å². The maximum atomic E-state index is 5.10. The van der Waals surface area contributed by atoms with Gasteiger partial charge in [0.15, 0.2) is 0 Å². The number of nitrogens with one attached hydrogen (secondary N) is 1. The number of piperazine rings is 1. The van der Waals surface area contributed by atoms with Crippen LogP contribution < -0.4 is 5.32 Å². The molecule has 5 aliphatic heterocycles. The highest BCUT2D eigenvalue weighted by atomic mass is 16.5. The number of morpholine rings is 1. The van der Waals surface area contributed by atoms with Gasteiger partial charge >= 0.3 is 0 Å². The van der Waals surface area contributed by atoms with Gasteiger partial charge < -0.3 is 34.6 Å². The minimum absolute atomic E-state index is 0. The second-order valence-electron chi connectivity index (χ2n) is 11.6. The number of piperidine rings is 2. The molecular formula is C32H76N6O. The van der Waals surface area contributed by atoms with E-state index in [2.05, 4.69) is 65.1 Å². The minimum atomic E-state index is 0. The summed E-state index contributed by atoms with van der Waals surface area (Å²) < 4.78 is 5.10. The zero-order valence-corrected chi connectivity index (χ0v) is 24.1. The van der Waals surface area contributed by atoms with Gasteiger partial charge in [0.05, 0.1) is 13.2 Å². The second kappa shape index (κ2) is 26.6. The Morgan fingerprint density at radius 2 is 0.974 bits per heavy atom. The Hall–Kier alpha value is -0.280. The van der Waals surface area contributed by atoms with Crippen molar-refractivity contribution in [3.63, 3.8) is 0 Å². The zero-order valence-electron chi connectivity index (χ0n) is 24.1. The number of rotatable bonds is 0. The normalized spacial score (nSPS) is 27.0. The molecule has 0 aromatic heterocycles. The van der Waals surface area contributed by atoms with Crippen LogP contribution in [-0.4, -0.2) is 151 Å². The third-order valence-electron chi connectivity index (χ3n) is 8.17. The van der Waals surface area contributed by atoms with Crippen molar-refractivity contribution in [3.05, 3.63) is 0 Å². The molecule has 2 unspecified atom stereocenters. The Bertz CT molecular complexity index is 447. The van der Waals surface area contributed by atoms with Gasteiger partial charge in [0.2, 0.25) is 0 Å². The fourth-order valence-corrected chi connectivity index (χ4v) is 5.53. The molecule has 0 amide bonds. The van der Waals surface area contributed by atoms with Crippen LogP contribution in [-0.2, 0) is 4.74 Å². The monoisotopic (exact) mass is 561 g/mol. The summed E-state index contributed by atoms with van der Waals surface area (Å²) >= 11 is 0. The lowest BCUT2D eigenvalue weighted by Gasteiger charge is -2.21. The molecule has 7 heteroatoms. The van der Waals surface area contributed by atoms with E-state index in [-0.39, 0.29) is 29.7 Å². The molecule has 39 heavy (non-hydrogen) atoms. The van der Waals surface area contributed by atoms with Gasteiger partial charge in [-0.1, -0.05) is 36.1 Å². The van der Waals surface area contributed by atoms with Crippen molar-refractivity contribution in [2.45, 2.75) is 87.1 Å². The Labute approximate surface area is 248 Å². The van der Waals surface area contributed by atoms with Crippen LogP contribution in [0.15, 0.2) is 0 Å². The molecule has 6 aliphatic rings. The van der Waals surface area contributed by atoms with Crippen molar-refractivity contribution in [1.29, 1.82) is 0 Å². The molecule has 0 aromatic rings. The lowest BCUT2D eigenvalue weighted by Crippen LogP contribution is -2.40. The summed E-state index contributed by atoms with van der Waals surface area (Å²) in [6.07, 6.45) is 11.6. The largest absolute Gasteiger partial charge is 0.379 e. The maximum absolute atomic E-state index is 5.10. The van der Waals surface area contributed by atoms with E-state index >= 15 is 0 Å². The Morgan fingerprint density at radius 1 is 0.538 bits per heavy atom. The van der Waals surface area contributed by atoms with Crippen LogP contribution in [0.5, 0.6) is 0 Å². The first-order chi connectivity index (χ1) is 16.9. The van der Waals surface area contributed by atoms with Crippen molar-refractivity contribution in [1.82, 2.24) is 29.8 Å². The summed E-state index contributed by atoms with van der Waals surface area (Å²) in [6, 6.07) is 0.972. The molecule has 6 rings (SSSR count). The summed E-state index contributed by atoms with van der Waals surface area (Å²) in [6.45, 7) is 15.4. The first-order valence-corrected chi connectivity index (χ1v) is 14.7. The first kappa shape index (κ1) is 43.2. The quantitative estimate of drug-likeness (QED) is 0.450. The minimum Gasteiger partial charge on any atom is -0.379 e. The molecule has 2 atom stereocenters. The van der Waals surface area contributed by atoms with Crippen molar-refractivity contribution >= 4 is 0 Å². The van der Waals surface area contributed by atoms with E-state index < -0.39 is 0 Å². The standard InChI is InChI=1S/C7H13N.C6H13N.C5H12N2.C5H11NO.C5H11N.4CH4/c1-8-5-6-2-3-7(8)4-6;1-7-5-3-2-4-6-7;1-7-4-2-6-3-5-7;1-6-2-4-7-5-3-6;1-6-4-2-3-5-6;;;;/h6-7H,2-5H2,1H3;2-6H2,1H3;6H,2-5H2,1H3;2-5H2,1H3;2-5H2,1H3;4*1H4. The smallest absolute Gasteiger partial charge is 0.0594 e. The van der Waals surface area contributed by atoms with E-state index in [9.17, 15) is 0 Å². The molecule has 2 bridgehead atoms. The molecular weight excluding hydrogens is 484 g/mol. The van der Waals surface area contributed by atoms with Crippen molar-refractivity contribution in [2.24, 2.45) is 5.92 Å². The Kier molecular flexibility index (Phi) is 29.5. The lowest BCUT2D eigenvalue weighted by molar-refractivity contribution is 0.0503. The van der Waals surface area contributed by atoms with Gasteiger partial charge in [0.25, 0.3) is 0 Å². The zero-order chi connectivity index (χ0) is 25.3. The van der Waals surface area contributed by atoms with Gasteiger partial charge in [-0.2, -0.15) is 0 Å². The highest BCUT2D eigenvalue weighted by Crippen LogP contribution is 2.35. The van der Waals surface area contributed by atoms with E-state index in [0.717, 1.165) is 51.4 Å². The average Bonchev–Trinajstić information content (AvgIpc) is 3.61. The Morgan fingerprint density at radius 3 is 1.18 bits per heavy atom. The molecule has 5 saturated heterocycles. The van der Waals surface area contributed by atoms with Crippen LogP contribution in [0.3, 0.4) is 0 Å². The molecule has 1 N–H and O–H groups in total. The van der Waals surface area contributed by atoms with Gasteiger partial charge in [-0.15, -0.1) is 0 Å². The molecule has 240 valence electrons. The number of nitrogens with zero attached hydrogens (tertiary/aromatic N) is 5. The van der Waals surface area contributed by atoms with Crippen LogP contribution in [0.4, 0.5) is 0 Å². The first-order valence-electron chi connectivity index (χ1n) is 14.7. The van der Waals surface area contributed by atoms with E-state index in [1.165, 1.54) is 97.2 Å². The predicted molar refractivity (Wildman–Crippen MR) is 177 cm³/mol. The number of likely N-dealkylation sites (N-methyl/N-ethyl adjacent to an activating group) is 2. The Balaban J connectivity index is -0.000000406. The fraction of sp³-hybridized carbons (Fsp3) is 1.00. The number of likely N-dealkylation sites (tertiary alicyclic amines) is 3.